The first-order valence-corrected chi connectivity index (χ1v) is 8.87. The first kappa shape index (κ1) is 16.1. The summed E-state index contributed by atoms with van der Waals surface area (Å²) in [5.74, 6) is 2.99. The third-order valence-electron chi connectivity index (χ3n) is 4.67. The molecule has 0 bridgehead atoms. The molecule has 4 aromatic rings. The highest BCUT2D eigenvalue weighted by Crippen LogP contribution is 2.46. The van der Waals surface area contributed by atoms with Crippen molar-refractivity contribution in [3.05, 3.63) is 65.7 Å². The lowest BCUT2D eigenvalue weighted by atomic mass is 9.98. The van der Waals surface area contributed by atoms with Crippen LogP contribution in [0.1, 0.15) is 0 Å². The van der Waals surface area contributed by atoms with Gasteiger partial charge in [-0.25, -0.2) is 0 Å². The van der Waals surface area contributed by atoms with Crippen molar-refractivity contribution in [3.8, 4) is 39.7 Å². The van der Waals surface area contributed by atoms with Gasteiger partial charge in [-0.15, -0.1) is 0 Å². The Morgan fingerprint density at radius 3 is 2.22 bits per heavy atom. The number of rotatable bonds is 3. The molecule has 5 rings (SSSR count). The number of furan rings is 1. The lowest BCUT2D eigenvalue weighted by molar-refractivity contribution is 0.174. The SMILES string of the molecule is COc1ccc(-c2c(-c3ccc(Cl)cc3)oc3cc4c(cc23)OCO4)cc1. The molecule has 5 heteroatoms. The zero-order chi connectivity index (χ0) is 18.4. The van der Waals surface area contributed by atoms with Gasteiger partial charge in [0.2, 0.25) is 6.79 Å². The van der Waals surface area contributed by atoms with Gasteiger partial charge >= 0.3 is 0 Å². The summed E-state index contributed by atoms with van der Waals surface area (Å²) in [6.07, 6.45) is 0. The monoisotopic (exact) mass is 378 g/mol. The van der Waals surface area contributed by atoms with E-state index in [0.29, 0.717) is 10.8 Å². The standard InChI is InChI=1S/C22H15ClO4/c1-24-16-8-4-13(5-9-16)21-17-10-19-20(26-12-25-19)11-18(17)27-22(21)14-2-6-15(23)7-3-14/h2-11H,12H2,1H3. The van der Waals surface area contributed by atoms with Crippen molar-refractivity contribution in [1.82, 2.24) is 0 Å². The summed E-state index contributed by atoms with van der Waals surface area (Å²) < 4.78 is 22.6. The minimum absolute atomic E-state index is 0.226. The molecule has 2 heterocycles. The van der Waals surface area contributed by atoms with E-state index in [1.165, 1.54) is 0 Å². The van der Waals surface area contributed by atoms with Gasteiger partial charge in [-0.2, -0.15) is 0 Å². The average molecular weight is 379 g/mol. The predicted octanol–water partition coefficient (Wildman–Crippen LogP) is 6.16. The van der Waals surface area contributed by atoms with Crippen LogP contribution in [0.5, 0.6) is 17.2 Å². The van der Waals surface area contributed by atoms with Crippen molar-refractivity contribution < 1.29 is 18.6 Å². The number of methoxy groups -OCH3 is 1. The molecule has 0 N–H and O–H groups in total. The zero-order valence-electron chi connectivity index (χ0n) is 14.5. The Kier molecular flexibility index (Phi) is 3.73. The predicted molar refractivity (Wildman–Crippen MR) is 105 cm³/mol. The normalized spacial score (nSPS) is 12.5. The summed E-state index contributed by atoms with van der Waals surface area (Å²) in [7, 11) is 1.65. The van der Waals surface area contributed by atoms with Gasteiger partial charge < -0.3 is 18.6 Å². The van der Waals surface area contributed by atoms with E-state index in [1.807, 2.05) is 60.7 Å². The Hall–Kier alpha value is -3.11. The molecule has 1 aliphatic heterocycles. The second-order valence-electron chi connectivity index (χ2n) is 6.24. The summed E-state index contributed by atoms with van der Waals surface area (Å²) >= 11 is 6.06. The molecular formula is C22H15ClO4. The smallest absolute Gasteiger partial charge is 0.231 e. The fourth-order valence-electron chi connectivity index (χ4n) is 3.34. The molecule has 0 saturated carbocycles. The van der Waals surface area contributed by atoms with E-state index >= 15 is 0 Å². The van der Waals surface area contributed by atoms with Crippen molar-refractivity contribution in [1.29, 1.82) is 0 Å². The Balaban J connectivity index is 1.78. The first-order valence-electron chi connectivity index (χ1n) is 8.49. The van der Waals surface area contributed by atoms with Crippen LogP contribution in [-0.2, 0) is 0 Å². The molecule has 0 aliphatic carbocycles. The van der Waals surface area contributed by atoms with E-state index in [1.54, 1.807) is 7.11 Å². The highest BCUT2D eigenvalue weighted by molar-refractivity contribution is 6.30. The molecule has 27 heavy (non-hydrogen) atoms. The lowest BCUT2D eigenvalue weighted by Crippen LogP contribution is -1.92. The number of hydrogen-bond acceptors (Lipinski definition) is 4. The maximum atomic E-state index is 6.25. The highest BCUT2D eigenvalue weighted by Gasteiger charge is 2.22. The fourth-order valence-corrected chi connectivity index (χ4v) is 3.46. The van der Waals surface area contributed by atoms with E-state index < -0.39 is 0 Å². The van der Waals surface area contributed by atoms with Gasteiger partial charge in [0.15, 0.2) is 11.5 Å². The van der Waals surface area contributed by atoms with Crippen molar-refractivity contribution in [2.45, 2.75) is 0 Å². The van der Waals surface area contributed by atoms with Gasteiger partial charge in [-0.3, -0.25) is 0 Å². The van der Waals surface area contributed by atoms with Crippen molar-refractivity contribution in [2.75, 3.05) is 13.9 Å². The number of halogens is 1. The Morgan fingerprint density at radius 1 is 0.852 bits per heavy atom. The molecule has 4 nitrogen and oxygen atoms in total. The van der Waals surface area contributed by atoms with Gasteiger partial charge in [-0.1, -0.05) is 23.7 Å². The van der Waals surface area contributed by atoms with E-state index in [2.05, 4.69) is 0 Å². The quantitative estimate of drug-likeness (QED) is 0.428. The van der Waals surface area contributed by atoms with Gasteiger partial charge in [-0.05, 0) is 48.0 Å². The highest BCUT2D eigenvalue weighted by atomic mass is 35.5. The molecule has 3 aromatic carbocycles. The molecule has 0 spiro atoms. The van der Waals surface area contributed by atoms with Gasteiger partial charge in [0.1, 0.15) is 17.1 Å². The van der Waals surface area contributed by atoms with Crippen molar-refractivity contribution >= 4 is 22.6 Å². The van der Waals surface area contributed by atoms with Crippen LogP contribution in [-0.4, -0.2) is 13.9 Å². The van der Waals surface area contributed by atoms with Crippen LogP contribution < -0.4 is 14.2 Å². The molecule has 0 radical (unpaired) electrons. The zero-order valence-corrected chi connectivity index (χ0v) is 15.2. The van der Waals surface area contributed by atoms with Crippen LogP contribution in [0.4, 0.5) is 0 Å². The minimum atomic E-state index is 0.226. The van der Waals surface area contributed by atoms with Gasteiger partial charge in [0, 0.05) is 27.6 Å². The summed E-state index contributed by atoms with van der Waals surface area (Å²) in [6, 6.07) is 19.4. The van der Waals surface area contributed by atoms with Crippen LogP contribution >= 0.6 is 11.6 Å². The van der Waals surface area contributed by atoms with Crippen LogP contribution in [0.2, 0.25) is 5.02 Å². The lowest BCUT2D eigenvalue weighted by Gasteiger charge is -2.06. The summed E-state index contributed by atoms with van der Waals surface area (Å²) in [5, 5.41) is 1.65. The molecule has 134 valence electrons. The summed E-state index contributed by atoms with van der Waals surface area (Å²) in [5.41, 5.74) is 3.71. The van der Waals surface area contributed by atoms with Crippen LogP contribution in [0.3, 0.4) is 0 Å². The maximum Gasteiger partial charge on any atom is 0.231 e. The van der Waals surface area contributed by atoms with Crippen molar-refractivity contribution in [2.24, 2.45) is 0 Å². The second kappa shape index (κ2) is 6.25. The minimum Gasteiger partial charge on any atom is -0.497 e. The number of benzene rings is 3. The van der Waals surface area contributed by atoms with Crippen molar-refractivity contribution in [3.63, 3.8) is 0 Å². The van der Waals surface area contributed by atoms with E-state index in [9.17, 15) is 0 Å². The van der Waals surface area contributed by atoms with E-state index in [-0.39, 0.29) is 6.79 Å². The molecule has 0 amide bonds. The Morgan fingerprint density at radius 2 is 1.52 bits per heavy atom. The first-order chi connectivity index (χ1) is 13.2. The maximum absolute atomic E-state index is 6.25. The Labute approximate surface area is 160 Å². The molecule has 0 saturated heterocycles. The molecule has 1 aromatic heterocycles. The molecule has 0 atom stereocenters. The summed E-state index contributed by atoms with van der Waals surface area (Å²) in [4.78, 5) is 0. The van der Waals surface area contributed by atoms with Gasteiger partial charge in [0.05, 0.1) is 7.11 Å². The number of hydrogen-bond donors (Lipinski definition) is 0. The number of fused-ring (bicyclic) bond motifs is 2. The Bertz CT molecular complexity index is 1130. The molecular weight excluding hydrogens is 364 g/mol. The van der Waals surface area contributed by atoms with E-state index in [0.717, 1.165) is 44.9 Å². The molecule has 0 unspecified atom stereocenters. The molecule has 0 fully saturated rings. The van der Waals surface area contributed by atoms with E-state index in [4.69, 9.17) is 30.2 Å². The largest absolute Gasteiger partial charge is 0.497 e. The van der Waals surface area contributed by atoms with Crippen LogP contribution in [0, 0.1) is 0 Å². The second-order valence-corrected chi connectivity index (χ2v) is 6.68. The third kappa shape index (κ3) is 2.69. The fraction of sp³-hybridized carbons (Fsp3) is 0.0909. The van der Waals surface area contributed by atoms with Crippen LogP contribution in [0.15, 0.2) is 65.1 Å². The molecule has 1 aliphatic rings. The topological polar surface area (TPSA) is 40.8 Å². The summed E-state index contributed by atoms with van der Waals surface area (Å²) in [6.45, 7) is 0.226. The third-order valence-corrected chi connectivity index (χ3v) is 4.92. The average Bonchev–Trinajstić information content (AvgIpc) is 3.30. The van der Waals surface area contributed by atoms with Gasteiger partial charge in [0.25, 0.3) is 0 Å². The number of ether oxygens (including phenoxy) is 3. The van der Waals surface area contributed by atoms with Crippen LogP contribution in [0.25, 0.3) is 33.4 Å².